The maximum absolute atomic E-state index is 12.1. The number of ether oxygens (including phenoxy) is 2. The van der Waals surface area contributed by atoms with Crippen LogP contribution in [0.25, 0.3) is 0 Å². The van der Waals surface area contributed by atoms with Gasteiger partial charge < -0.3 is 15.2 Å². The first-order chi connectivity index (χ1) is 8.44. The van der Waals surface area contributed by atoms with E-state index in [2.05, 4.69) is 0 Å². The zero-order valence-corrected chi connectivity index (χ0v) is 11.2. The molecule has 1 aromatic carbocycles. The average molecular weight is 251 g/mol. The maximum atomic E-state index is 12.1. The van der Waals surface area contributed by atoms with E-state index >= 15 is 0 Å². The van der Waals surface area contributed by atoms with Crippen LogP contribution in [0.15, 0.2) is 24.3 Å². The molecule has 0 saturated carbocycles. The van der Waals surface area contributed by atoms with Crippen LogP contribution in [0, 0.1) is 0 Å². The third-order valence-electron chi connectivity index (χ3n) is 2.35. The number of methoxy groups -OCH3 is 1. The molecule has 0 saturated heterocycles. The van der Waals surface area contributed by atoms with E-state index in [0.717, 1.165) is 0 Å². The van der Waals surface area contributed by atoms with Crippen LogP contribution >= 0.6 is 0 Å². The summed E-state index contributed by atoms with van der Waals surface area (Å²) in [5, 5.41) is 0. The Morgan fingerprint density at radius 1 is 1.28 bits per heavy atom. The molecule has 0 amide bonds. The van der Waals surface area contributed by atoms with Gasteiger partial charge in [-0.15, -0.1) is 0 Å². The number of Topliss-reactive ketones (excluding diaryl/α,β-unsaturated/α-hetero) is 1. The first-order valence-electron chi connectivity index (χ1n) is 5.97. The summed E-state index contributed by atoms with van der Waals surface area (Å²) in [6.45, 7) is 4.58. The molecule has 0 aliphatic heterocycles. The van der Waals surface area contributed by atoms with Gasteiger partial charge in [-0.05, 0) is 26.0 Å². The average Bonchev–Trinajstić information content (AvgIpc) is 2.27. The van der Waals surface area contributed by atoms with Gasteiger partial charge in [-0.3, -0.25) is 4.79 Å². The number of benzene rings is 1. The standard InChI is InChI=1S/C14H21NO3/c1-14(2,15)10-12(16)11-6-4-5-7-13(11)18-9-8-17-3/h4-7H,8-10,15H2,1-3H3. The van der Waals surface area contributed by atoms with Crippen LogP contribution in [0.1, 0.15) is 30.6 Å². The van der Waals surface area contributed by atoms with Gasteiger partial charge in [0.1, 0.15) is 12.4 Å². The predicted octanol–water partition coefficient (Wildman–Crippen LogP) is 2.02. The summed E-state index contributed by atoms with van der Waals surface area (Å²) in [5.74, 6) is 0.583. The predicted molar refractivity (Wildman–Crippen MR) is 71.0 cm³/mol. The summed E-state index contributed by atoms with van der Waals surface area (Å²) in [7, 11) is 1.61. The molecule has 0 aliphatic rings. The minimum Gasteiger partial charge on any atom is -0.490 e. The van der Waals surface area contributed by atoms with E-state index in [4.69, 9.17) is 15.2 Å². The Balaban J connectivity index is 2.78. The highest BCUT2D eigenvalue weighted by Gasteiger charge is 2.20. The van der Waals surface area contributed by atoms with E-state index in [1.807, 2.05) is 26.0 Å². The van der Waals surface area contributed by atoms with Gasteiger partial charge in [0.2, 0.25) is 0 Å². The fourth-order valence-electron chi connectivity index (χ4n) is 1.57. The van der Waals surface area contributed by atoms with Crippen molar-refractivity contribution in [2.75, 3.05) is 20.3 Å². The molecular weight excluding hydrogens is 230 g/mol. The molecule has 0 aromatic heterocycles. The topological polar surface area (TPSA) is 61.5 Å². The Morgan fingerprint density at radius 2 is 1.94 bits per heavy atom. The van der Waals surface area contributed by atoms with Crippen LogP contribution in [-0.2, 0) is 4.74 Å². The van der Waals surface area contributed by atoms with E-state index in [0.29, 0.717) is 24.5 Å². The molecule has 0 radical (unpaired) electrons. The van der Waals surface area contributed by atoms with E-state index in [1.54, 1.807) is 19.2 Å². The monoisotopic (exact) mass is 251 g/mol. The van der Waals surface area contributed by atoms with Gasteiger partial charge in [0.15, 0.2) is 5.78 Å². The van der Waals surface area contributed by atoms with Crippen LogP contribution in [0.2, 0.25) is 0 Å². The third kappa shape index (κ3) is 4.85. The van der Waals surface area contributed by atoms with Crippen LogP contribution < -0.4 is 10.5 Å². The molecule has 4 nitrogen and oxygen atoms in total. The lowest BCUT2D eigenvalue weighted by Gasteiger charge is -2.18. The molecule has 0 atom stereocenters. The molecule has 0 unspecified atom stereocenters. The summed E-state index contributed by atoms with van der Waals surface area (Å²) in [5.41, 5.74) is 5.92. The highest BCUT2D eigenvalue weighted by Crippen LogP contribution is 2.21. The first kappa shape index (κ1) is 14.7. The number of para-hydroxylation sites is 1. The normalized spacial score (nSPS) is 11.3. The molecule has 0 aliphatic carbocycles. The minimum atomic E-state index is -0.517. The van der Waals surface area contributed by atoms with Gasteiger partial charge in [-0.2, -0.15) is 0 Å². The van der Waals surface area contributed by atoms with E-state index in [9.17, 15) is 4.79 Å². The Bertz CT molecular complexity index is 396. The van der Waals surface area contributed by atoms with Crippen molar-refractivity contribution in [3.8, 4) is 5.75 Å². The van der Waals surface area contributed by atoms with Crippen LogP contribution in [0.3, 0.4) is 0 Å². The Labute approximate surface area is 108 Å². The molecule has 2 N–H and O–H groups in total. The summed E-state index contributed by atoms with van der Waals surface area (Å²) in [4.78, 5) is 12.1. The van der Waals surface area contributed by atoms with Crippen LogP contribution in [0.5, 0.6) is 5.75 Å². The quantitative estimate of drug-likeness (QED) is 0.595. The number of ketones is 1. The summed E-state index contributed by atoms with van der Waals surface area (Å²) < 4.78 is 10.4. The van der Waals surface area contributed by atoms with E-state index < -0.39 is 5.54 Å². The Morgan fingerprint density at radius 3 is 2.56 bits per heavy atom. The lowest BCUT2D eigenvalue weighted by Crippen LogP contribution is -2.34. The Kier molecular flexibility index (Phi) is 5.31. The second-order valence-electron chi connectivity index (χ2n) is 4.93. The zero-order valence-electron chi connectivity index (χ0n) is 11.2. The van der Waals surface area contributed by atoms with Crippen LogP contribution in [0.4, 0.5) is 0 Å². The fourth-order valence-corrected chi connectivity index (χ4v) is 1.57. The van der Waals surface area contributed by atoms with Crippen molar-refractivity contribution in [1.82, 2.24) is 0 Å². The molecule has 0 spiro atoms. The summed E-state index contributed by atoms with van der Waals surface area (Å²) >= 11 is 0. The fraction of sp³-hybridized carbons (Fsp3) is 0.500. The third-order valence-corrected chi connectivity index (χ3v) is 2.35. The van der Waals surface area contributed by atoms with Crippen molar-refractivity contribution >= 4 is 5.78 Å². The molecule has 0 heterocycles. The molecule has 0 bridgehead atoms. The van der Waals surface area contributed by atoms with Crippen molar-refractivity contribution in [3.63, 3.8) is 0 Å². The number of rotatable bonds is 7. The van der Waals surface area contributed by atoms with Crippen molar-refractivity contribution in [2.45, 2.75) is 25.8 Å². The number of carbonyl (C=O) groups is 1. The molecule has 100 valence electrons. The van der Waals surface area contributed by atoms with Gasteiger partial charge in [0.25, 0.3) is 0 Å². The molecule has 1 aromatic rings. The molecule has 4 heteroatoms. The first-order valence-corrected chi connectivity index (χ1v) is 5.97. The lowest BCUT2D eigenvalue weighted by molar-refractivity contribution is 0.0952. The largest absolute Gasteiger partial charge is 0.490 e. The van der Waals surface area contributed by atoms with E-state index in [1.165, 1.54) is 0 Å². The van der Waals surface area contributed by atoms with Gasteiger partial charge in [-0.1, -0.05) is 12.1 Å². The molecule has 0 fully saturated rings. The second-order valence-corrected chi connectivity index (χ2v) is 4.93. The highest BCUT2D eigenvalue weighted by atomic mass is 16.5. The second kappa shape index (κ2) is 6.52. The summed E-state index contributed by atoms with van der Waals surface area (Å²) in [6.07, 6.45) is 0.289. The Hall–Kier alpha value is -1.39. The SMILES string of the molecule is COCCOc1ccccc1C(=O)CC(C)(C)N. The number of carbonyl (C=O) groups excluding carboxylic acids is 1. The van der Waals surface area contributed by atoms with Crippen molar-refractivity contribution in [3.05, 3.63) is 29.8 Å². The number of nitrogens with two attached hydrogens (primary N) is 1. The number of hydrogen-bond acceptors (Lipinski definition) is 4. The van der Waals surface area contributed by atoms with E-state index in [-0.39, 0.29) is 12.2 Å². The summed E-state index contributed by atoms with van der Waals surface area (Å²) in [6, 6.07) is 7.20. The maximum Gasteiger partial charge on any atom is 0.168 e. The van der Waals surface area contributed by atoms with Crippen molar-refractivity contribution in [1.29, 1.82) is 0 Å². The van der Waals surface area contributed by atoms with Crippen molar-refractivity contribution < 1.29 is 14.3 Å². The highest BCUT2D eigenvalue weighted by molar-refractivity contribution is 5.99. The van der Waals surface area contributed by atoms with Gasteiger partial charge in [0, 0.05) is 19.1 Å². The molecule has 18 heavy (non-hydrogen) atoms. The van der Waals surface area contributed by atoms with Crippen LogP contribution in [-0.4, -0.2) is 31.6 Å². The van der Waals surface area contributed by atoms with Gasteiger partial charge >= 0.3 is 0 Å². The van der Waals surface area contributed by atoms with Gasteiger partial charge in [-0.25, -0.2) is 0 Å². The molecular formula is C14H21NO3. The van der Waals surface area contributed by atoms with Gasteiger partial charge in [0.05, 0.1) is 12.2 Å². The number of hydrogen-bond donors (Lipinski definition) is 1. The molecule has 1 rings (SSSR count). The smallest absolute Gasteiger partial charge is 0.168 e. The zero-order chi connectivity index (χ0) is 13.6. The minimum absolute atomic E-state index is 0.00415. The van der Waals surface area contributed by atoms with Crippen molar-refractivity contribution in [2.24, 2.45) is 5.73 Å². The lowest BCUT2D eigenvalue weighted by atomic mass is 9.95.